The molecule has 0 radical (unpaired) electrons. The Morgan fingerprint density at radius 1 is 1.07 bits per heavy atom. The third-order valence-corrected chi connectivity index (χ3v) is 10.8. The fourth-order valence-electron chi connectivity index (χ4n) is 8.14. The fraction of sp³-hybridized carbons (Fsp3) is 0.906. The molecule has 2 amide bonds. The number of hydrogen-bond acceptors (Lipinski definition) is 8. The molecule has 6 N–H and O–H groups in total. The number of nitrogens with zero attached hydrogens (tertiary/aromatic N) is 4. The van der Waals surface area contributed by atoms with Gasteiger partial charge in [-0.2, -0.15) is 0 Å². The van der Waals surface area contributed by atoms with Crippen molar-refractivity contribution in [3.63, 3.8) is 0 Å². The predicted molar refractivity (Wildman–Crippen MR) is 171 cm³/mol. The van der Waals surface area contributed by atoms with Gasteiger partial charge in [-0.15, -0.1) is 0 Å². The van der Waals surface area contributed by atoms with Crippen LogP contribution in [0.3, 0.4) is 0 Å². The van der Waals surface area contributed by atoms with E-state index in [2.05, 4.69) is 46.2 Å². The second-order valence-electron chi connectivity index (χ2n) is 13.6. The summed E-state index contributed by atoms with van der Waals surface area (Å²) in [6, 6.07) is -1.12. The van der Waals surface area contributed by atoms with Gasteiger partial charge in [-0.25, -0.2) is 8.78 Å². The van der Waals surface area contributed by atoms with Crippen LogP contribution in [-0.4, -0.2) is 128 Å². The molecule has 0 spiro atoms. The van der Waals surface area contributed by atoms with Gasteiger partial charge in [0, 0.05) is 45.0 Å². The molecule has 3 fully saturated rings. The van der Waals surface area contributed by atoms with Gasteiger partial charge < -0.3 is 27.0 Å². The molecular formula is C32H58F2N8O2. The number of halogens is 2. The van der Waals surface area contributed by atoms with Gasteiger partial charge in [0.05, 0.1) is 30.8 Å². The number of piperidine rings is 2. The average Bonchev–Trinajstić information content (AvgIpc) is 3.01. The minimum absolute atomic E-state index is 0.00220. The Bertz CT molecular complexity index is 978. The standard InChI is InChI=1S/C32H58F2N8O2/c1-4-11-32(5-2)12-10-22(33)19-38-24(18-32)27(29(35)36)30(43)39-25-21-37-20-23(34)28(25)41-14-16-42(17-15-41)31(44)26-9-7-8-13-40(26)6-3/h22-23,25-29,37H,4-21,35-36H2,1-3H3,(H,39,43). The van der Waals surface area contributed by atoms with Crippen LogP contribution in [0.15, 0.2) is 4.99 Å². The number of likely N-dealkylation sites (N-methyl/N-ethyl adjacent to an activating group) is 1. The third kappa shape index (κ3) is 8.34. The topological polar surface area (TPSA) is 132 Å². The molecule has 3 saturated heterocycles. The Kier molecular flexibility index (Phi) is 12.9. The predicted octanol–water partition coefficient (Wildman–Crippen LogP) is 1.82. The molecular weight excluding hydrogens is 566 g/mol. The van der Waals surface area contributed by atoms with E-state index >= 15 is 4.39 Å². The van der Waals surface area contributed by atoms with Crippen molar-refractivity contribution in [2.24, 2.45) is 27.8 Å². The van der Waals surface area contributed by atoms with Gasteiger partial charge in [-0.1, -0.05) is 40.0 Å². The molecule has 4 heterocycles. The summed E-state index contributed by atoms with van der Waals surface area (Å²) >= 11 is 0. The van der Waals surface area contributed by atoms with E-state index in [-0.39, 0.29) is 36.4 Å². The van der Waals surface area contributed by atoms with Crippen molar-refractivity contribution in [3.05, 3.63) is 0 Å². The second-order valence-corrected chi connectivity index (χ2v) is 13.6. The molecule has 252 valence electrons. The van der Waals surface area contributed by atoms with Crippen LogP contribution in [-0.2, 0) is 9.59 Å². The number of nitrogens with one attached hydrogen (secondary N) is 2. The number of hydrogen-bond donors (Lipinski definition) is 4. The first kappa shape index (κ1) is 35.1. The van der Waals surface area contributed by atoms with Gasteiger partial charge in [0.1, 0.15) is 18.3 Å². The van der Waals surface area contributed by atoms with E-state index < -0.39 is 36.5 Å². The minimum Gasteiger partial charge on any atom is -0.350 e. The van der Waals surface area contributed by atoms with Crippen molar-refractivity contribution in [2.45, 2.75) is 115 Å². The lowest BCUT2D eigenvalue weighted by atomic mass is 9.70. The molecule has 4 rings (SSSR count). The SMILES string of the molecule is CCCC1(CC)CCC(F)CN=C(C(C(=O)NC2CNCC(F)C2N2CCN(C(=O)C3CCCCN3CC)CC2)C(N)N)C1. The highest BCUT2D eigenvalue weighted by Gasteiger charge is 2.43. The zero-order chi connectivity index (χ0) is 31.9. The van der Waals surface area contributed by atoms with Crippen LogP contribution in [0.25, 0.3) is 0 Å². The largest absolute Gasteiger partial charge is 0.350 e. The van der Waals surface area contributed by atoms with Gasteiger partial charge in [0.25, 0.3) is 0 Å². The van der Waals surface area contributed by atoms with Gasteiger partial charge >= 0.3 is 0 Å². The molecule has 0 aromatic heterocycles. The first-order chi connectivity index (χ1) is 21.1. The smallest absolute Gasteiger partial charge is 0.240 e. The van der Waals surface area contributed by atoms with Crippen molar-refractivity contribution in [1.29, 1.82) is 0 Å². The maximum absolute atomic E-state index is 15.6. The van der Waals surface area contributed by atoms with E-state index in [0.29, 0.717) is 51.3 Å². The lowest BCUT2D eigenvalue weighted by Gasteiger charge is -2.47. The summed E-state index contributed by atoms with van der Waals surface area (Å²) in [7, 11) is 0. The van der Waals surface area contributed by atoms with Gasteiger partial charge in [-0.3, -0.25) is 24.4 Å². The fourth-order valence-corrected chi connectivity index (χ4v) is 8.14. The third-order valence-electron chi connectivity index (χ3n) is 10.8. The Balaban J connectivity index is 1.45. The molecule has 0 saturated carbocycles. The average molecular weight is 625 g/mol. The quantitative estimate of drug-likeness (QED) is 0.273. The number of nitrogens with two attached hydrogens (primary N) is 2. The molecule has 12 heteroatoms. The first-order valence-corrected chi connectivity index (χ1v) is 17.2. The van der Waals surface area contributed by atoms with Gasteiger partial charge in [0.15, 0.2) is 0 Å². The van der Waals surface area contributed by atoms with E-state index in [0.717, 1.165) is 58.0 Å². The maximum Gasteiger partial charge on any atom is 0.240 e. The van der Waals surface area contributed by atoms with Crippen LogP contribution in [0.1, 0.15) is 78.6 Å². The normalized spacial score (nSPS) is 33.8. The number of carbonyl (C=O) groups is 2. The molecule has 44 heavy (non-hydrogen) atoms. The summed E-state index contributed by atoms with van der Waals surface area (Å²) in [5, 5.41) is 6.22. The summed E-state index contributed by atoms with van der Waals surface area (Å²) < 4.78 is 30.3. The highest BCUT2D eigenvalue weighted by molar-refractivity contribution is 6.05. The van der Waals surface area contributed by atoms with E-state index in [1.54, 1.807) is 0 Å². The molecule has 0 aromatic carbocycles. The van der Waals surface area contributed by atoms with Gasteiger partial charge in [0.2, 0.25) is 11.8 Å². The van der Waals surface area contributed by atoms with E-state index in [1.807, 2.05) is 4.90 Å². The lowest BCUT2D eigenvalue weighted by molar-refractivity contribution is -0.140. The molecule has 7 unspecified atom stereocenters. The zero-order valence-electron chi connectivity index (χ0n) is 27.3. The van der Waals surface area contributed by atoms with Crippen molar-refractivity contribution in [3.8, 4) is 0 Å². The van der Waals surface area contributed by atoms with E-state index in [1.165, 1.54) is 0 Å². The second kappa shape index (κ2) is 16.2. The molecule has 4 aliphatic heterocycles. The molecule has 4 aliphatic rings. The monoisotopic (exact) mass is 624 g/mol. The minimum atomic E-state index is -1.20. The van der Waals surface area contributed by atoms with Crippen LogP contribution in [0.2, 0.25) is 0 Å². The number of amides is 2. The lowest BCUT2D eigenvalue weighted by Crippen LogP contribution is -2.68. The van der Waals surface area contributed by atoms with Crippen LogP contribution in [0.4, 0.5) is 8.78 Å². The Hall–Kier alpha value is -1.73. The van der Waals surface area contributed by atoms with Crippen molar-refractivity contribution >= 4 is 17.5 Å². The number of piperazine rings is 1. The van der Waals surface area contributed by atoms with Crippen LogP contribution < -0.4 is 22.1 Å². The highest BCUT2D eigenvalue weighted by Crippen LogP contribution is 2.40. The summed E-state index contributed by atoms with van der Waals surface area (Å²) in [4.78, 5) is 38.2. The summed E-state index contributed by atoms with van der Waals surface area (Å²) in [6.45, 7) is 10.9. The summed E-state index contributed by atoms with van der Waals surface area (Å²) in [5.41, 5.74) is 12.9. The number of likely N-dealkylation sites (tertiary alicyclic amines) is 1. The van der Waals surface area contributed by atoms with E-state index in [4.69, 9.17) is 11.5 Å². The number of carbonyl (C=O) groups excluding carboxylic acids is 2. The van der Waals surface area contributed by atoms with Crippen LogP contribution in [0.5, 0.6) is 0 Å². The van der Waals surface area contributed by atoms with Crippen LogP contribution >= 0.6 is 0 Å². The maximum atomic E-state index is 15.6. The summed E-state index contributed by atoms with van der Waals surface area (Å²) in [5.74, 6) is -1.12. The Morgan fingerprint density at radius 2 is 1.82 bits per heavy atom. The Morgan fingerprint density at radius 3 is 2.48 bits per heavy atom. The van der Waals surface area contributed by atoms with Crippen molar-refractivity contribution in [2.75, 3.05) is 58.9 Å². The molecule has 0 aromatic rings. The summed E-state index contributed by atoms with van der Waals surface area (Å²) in [6.07, 6.45) is 4.26. The van der Waals surface area contributed by atoms with Crippen molar-refractivity contribution < 1.29 is 18.4 Å². The highest BCUT2D eigenvalue weighted by atomic mass is 19.1. The van der Waals surface area contributed by atoms with Gasteiger partial charge in [-0.05, 0) is 57.0 Å². The van der Waals surface area contributed by atoms with Crippen molar-refractivity contribution in [1.82, 2.24) is 25.3 Å². The Labute approximate surface area is 263 Å². The zero-order valence-corrected chi connectivity index (χ0v) is 27.3. The van der Waals surface area contributed by atoms with E-state index in [9.17, 15) is 14.0 Å². The number of rotatable bonds is 10. The van der Waals surface area contributed by atoms with Crippen LogP contribution in [0, 0.1) is 11.3 Å². The number of alkyl halides is 2. The number of aliphatic imine (C=N–C) groups is 1. The molecule has 10 nitrogen and oxygen atoms in total. The molecule has 0 bridgehead atoms. The molecule has 7 atom stereocenters. The molecule has 0 aliphatic carbocycles. The first-order valence-electron chi connectivity index (χ1n) is 17.2.